The van der Waals surface area contributed by atoms with Crippen LogP contribution in [0.1, 0.15) is 69.7 Å². The maximum atomic E-state index is 12.6. The molecule has 0 amide bonds. The minimum atomic E-state index is -1.32. The molecule has 0 aromatic heterocycles. The highest BCUT2D eigenvalue weighted by molar-refractivity contribution is 5.91. The zero-order valence-electron chi connectivity index (χ0n) is 18.5. The van der Waals surface area contributed by atoms with E-state index in [1.54, 1.807) is 13.8 Å². The number of benzene rings is 1. The van der Waals surface area contributed by atoms with Gasteiger partial charge in [0, 0.05) is 12.1 Å². The van der Waals surface area contributed by atoms with E-state index in [2.05, 4.69) is 6.92 Å². The molecule has 9 nitrogen and oxygen atoms in total. The maximum Gasteiger partial charge on any atom is 0.350 e. The zero-order chi connectivity index (χ0) is 23.0. The summed E-state index contributed by atoms with van der Waals surface area (Å²) >= 11 is 0. The quantitative estimate of drug-likeness (QED) is 0.219. The van der Waals surface area contributed by atoms with Gasteiger partial charge in [-0.2, -0.15) is 0 Å². The molecule has 3 atom stereocenters. The lowest BCUT2D eigenvalue weighted by Crippen LogP contribution is -2.44. The molecular formula is C22H31NO8. The van der Waals surface area contributed by atoms with Crippen molar-refractivity contribution in [2.24, 2.45) is 0 Å². The standard InChI is InChI=1S/C22H31NO8/c1-5-6-7-8-9-10-17-18(31-22(2,3)30-17)19(21(25)28-4)29-20(24)15-11-13-16(14-12-15)23(26)27/h11-14,17-19H,5-10H2,1-4H3/t17-,18+,19+/m1/s1. The van der Waals surface area contributed by atoms with Gasteiger partial charge in [0.25, 0.3) is 5.69 Å². The van der Waals surface area contributed by atoms with Gasteiger partial charge in [-0.15, -0.1) is 0 Å². The molecule has 0 N–H and O–H groups in total. The summed E-state index contributed by atoms with van der Waals surface area (Å²) in [5.41, 5.74) is -0.0766. The van der Waals surface area contributed by atoms with Crippen LogP contribution in [0.2, 0.25) is 0 Å². The normalized spacial score (nSPS) is 20.8. The molecule has 9 heteroatoms. The Hall–Kier alpha value is -2.52. The lowest BCUT2D eigenvalue weighted by Gasteiger charge is -2.24. The summed E-state index contributed by atoms with van der Waals surface area (Å²) in [4.78, 5) is 35.3. The van der Waals surface area contributed by atoms with E-state index in [0.29, 0.717) is 6.42 Å². The van der Waals surface area contributed by atoms with E-state index in [0.717, 1.165) is 32.1 Å². The zero-order valence-corrected chi connectivity index (χ0v) is 18.5. The smallest absolute Gasteiger partial charge is 0.350 e. The fourth-order valence-electron chi connectivity index (χ4n) is 3.56. The van der Waals surface area contributed by atoms with Crippen molar-refractivity contribution in [3.05, 3.63) is 39.9 Å². The first-order valence-electron chi connectivity index (χ1n) is 10.6. The van der Waals surface area contributed by atoms with Crippen LogP contribution in [0.15, 0.2) is 24.3 Å². The summed E-state index contributed by atoms with van der Waals surface area (Å²) in [7, 11) is 1.20. The average Bonchev–Trinajstić information content (AvgIpc) is 3.05. The number of carbonyl (C=O) groups is 2. The Morgan fingerprint density at radius 2 is 1.77 bits per heavy atom. The Kier molecular flexibility index (Phi) is 8.94. The molecule has 0 saturated carbocycles. The SMILES string of the molecule is CCCCCCC[C@H]1OC(C)(C)O[C@@H]1[C@H](OC(=O)c1ccc([N+](=O)[O-])cc1)C(=O)OC. The van der Waals surface area contributed by atoms with Crippen LogP contribution >= 0.6 is 0 Å². The van der Waals surface area contributed by atoms with Gasteiger partial charge in [0.05, 0.1) is 23.7 Å². The maximum absolute atomic E-state index is 12.6. The molecule has 1 saturated heterocycles. The Bertz CT molecular complexity index is 761. The Morgan fingerprint density at radius 3 is 2.35 bits per heavy atom. The van der Waals surface area contributed by atoms with Crippen LogP contribution in [0, 0.1) is 10.1 Å². The van der Waals surface area contributed by atoms with Gasteiger partial charge in [-0.3, -0.25) is 10.1 Å². The van der Waals surface area contributed by atoms with E-state index in [9.17, 15) is 19.7 Å². The number of carbonyl (C=O) groups excluding carboxylic acids is 2. The highest BCUT2D eigenvalue weighted by Crippen LogP contribution is 2.34. The van der Waals surface area contributed by atoms with E-state index in [4.69, 9.17) is 18.9 Å². The Labute approximate surface area is 182 Å². The van der Waals surface area contributed by atoms with Crippen molar-refractivity contribution in [1.29, 1.82) is 0 Å². The number of esters is 2. The van der Waals surface area contributed by atoms with Crippen molar-refractivity contribution in [3.63, 3.8) is 0 Å². The summed E-state index contributed by atoms with van der Waals surface area (Å²) in [6.45, 7) is 5.62. The number of nitro groups is 1. The number of methoxy groups -OCH3 is 1. The van der Waals surface area contributed by atoms with Gasteiger partial charge in [-0.05, 0) is 32.4 Å². The van der Waals surface area contributed by atoms with Gasteiger partial charge < -0.3 is 18.9 Å². The molecular weight excluding hydrogens is 406 g/mol. The highest BCUT2D eigenvalue weighted by Gasteiger charge is 2.49. The molecule has 0 radical (unpaired) electrons. The first-order chi connectivity index (χ1) is 14.7. The van der Waals surface area contributed by atoms with E-state index in [-0.39, 0.29) is 11.3 Å². The topological polar surface area (TPSA) is 114 Å². The second kappa shape index (κ2) is 11.2. The average molecular weight is 437 g/mol. The van der Waals surface area contributed by atoms with Crippen LogP contribution in [0.4, 0.5) is 5.69 Å². The predicted octanol–water partition coefficient (Wildman–Crippen LogP) is 4.17. The third-order valence-electron chi connectivity index (χ3n) is 5.09. The number of hydrogen-bond acceptors (Lipinski definition) is 8. The monoisotopic (exact) mass is 437 g/mol. The number of hydrogen-bond donors (Lipinski definition) is 0. The minimum absolute atomic E-state index is 0.0776. The summed E-state index contributed by atoms with van der Waals surface area (Å²) in [6.07, 6.45) is 3.41. The number of nitrogens with zero attached hydrogens (tertiary/aromatic N) is 1. The summed E-state index contributed by atoms with van der Waals surface area (Å²) < 4.78 is 22.2. The third-order valence-corrected chi connectivity index (χ3v) is 5.09. The van der Waals surface area contributed by atoms with Gasteiger partial charge in [0.1, 0.15) is 6.10 Å². The number of nitro benzene ring substituents is 1. The van der Waals surface area contributed by atoms with Gasteiger partial charge >= 0.3 is 11.9 Å². The van der Waals surface area contributed by atoms with Crippen LogP contribution in [0.3, 0.4) is 0 Å². The van der Waals surface area contributed by atoms with Gasteiger partial charge in [0.15, 0.2) is 5.79 Å². The van der Waals surface area contributed by atoms with Crippen molar-refractivity contribution in [1.82, 2.24) is 0 Å². The molecule has 1 fully saturated rings. The summed E-state index contributed by atoms with van der Waals surface area (Å²) in [5.74, 6) is -2.50. The van der Waals surface area contributed by atoms with Crippen LogP contribution < -0.4 is 0 Å². The lowest BCUT2D eigenvalue weighted by atomic mass is 10.0. The number of ether oxygens (including phenoxy) is 4. The molecule has 1 aliphatic rings. The van der Waals surface area contributed by atoms with Crippen molar-refractivity contribution in [2.75, 3.05) is 7.11 Å². The van der Waals surface area contributed by atoms with Gasteiger partial charge in [-0.25, -0.2) is 9.59 Å². The first-order valence-corrected chi connectivity index (χ1v) is 10.6. The van der Waals surface area contributed by atoms with Crippen LogP contribution in [-0.4, -0.2) is 48.1 Å². The van der Waals surface area contributed by atoms with Crippen LogP contribution in [0.25, 0.3) is 0 Å². The minimum Gasteiger partial charge on any atom is -0.466 e. The van der Waals surface area contributed by atoms with Gasteiger partial charge in [0.2, 0.25) is 6.10 Å². The van der Waals surface area contributed by atoms with E-state index in [1.165, 1.54) is 31.4 Å². The molecule has 2 rings (SSSR count). The molecule has 1 heterocycles. The first kappa shape index (κ1) is 24.7. The molecule has 1 aromatic carbocycles. The number of unbranched alkanes of at least 4 members (excludes halogenated alkanes) is 4. The Morgan fingerprint density at radius 1 is 1.13 bits per heavy atom. The van der Waals surface area contributed by atoms with E-state index < -0.39 is 41.0 Å². The molecule has 0 unspecified atom stereocenters. The fourth-order valence-corrected chi connectivity index (χ4v) is 3.56. The molecule has 0 spiro atoms. The lowest BCUT2D eigenvalue weighted by molar-refractivity contribution is -0.384. The third kappa shape index (κ3) is 7.00. The van der Waals surface area contributed by atoms with Crippen molar-refractivity contribution in [2.45, 2.75) is 83.4 Å². The number of non-ortho nitro benzene ring substituents is 1. The van der Waals surface area contributed by atoms with Crippen molar-refractivity contribution >= 4 is 17.6 Å². The Balaban J connectivity index is 2.13. The number of rotatable bonds is 11. The molecule has 1 aromatic rings. The van der Waals surface area contributed by atoms with Crippen LogP contribution in [-0.2, 0) is 23.7 Å². The highest BCUT2D eigenvalue weighted by atomic mass is 16.8. The molecule has 31 heavy (non-hydrogen) atoms. The molecule has 0 bridgehead atoms. The molecule has 172 valence electrons. The van der Waals surface area contributed by atoms with E-state index in [1.807, 2.05) is 0 Å². The molecule has 0 aliphatic carbocycles. The fraction of sp³-hybridized carbons (Fsp3) is 0.636. The largest absolute Gasteiger partial charge is 0.466 e. The van der Waals surface area contributed by atoms with Gasteiger partial charge in [-0.1, -0.05) is 39.0 Å². The van der Waals surface area contributed by atoms with Crippen molar-refractivity contribution < 1.29 is 33.5 Å². The predicted molar refractivity (Wildman–Crippen MR) is 112 cm³/mol. The molecule has 1 aliphatic heterocycles. The van der Waals surface area contributed by atoms with Crippen molar-refractivity contribution in [3.8, 4) is 0 Å². The second-order valence-corrected chi connectivity index (χ2v) is 7.99. The summed E-state index contributed by atoms with van der Waals surface area (Å²) in [6, 6.07) is 4.94. The summed E-state index contributed by atoms with van der Waals surface area (Å²) in [5, 5.41) is 10.8. The second-order valence-electron chi connectivity index (χ2n) is 7.99. The van der Waals surface area contributed by atoms with E-state index >= 15 is 0 Å². The van der Waals surface area contributed by atoms with Crippen LogP contribution in [0.5, 0.6) is 0 Å².